The van der Waals surface area contributed by atoms with Crippen molar-refractivity contribution in [3.8, 4) is 0 Å². The predicted molar refractivity (Wildman–Crippen MR) is 99.8 cm³/mol. The molecule has 0 aromatic heterocycles. The van der Waals surface area contributed by atoms with Crippen LogP contribution in [0.15, 0.2) is 30.3 Å². The molecule has 0 N–H and O–H groups in total. The highest BCUT2D eigenvalue weighted by Crippen LogP contribution is 2.28. The molecule has 28 heavy (non-hydrogen) atoms. The van der Waals surface area contributed by atoms with E-state index in [-0.39, 0.29) is 49.8 Å². The molecular weight excluding hydrogens is 371 g/mol. The van der Waals surface area contributed by atoms with Gasteiger partial charge in [0.25, 0.3) is 0 Å². The number of benzene rings is 1. The van der Waals surface area contributed by atoms with Gasteiger partial charge in [-0.25, -0.2) is 0 Å². The zero-order chi connectivity index (χ0) is 20.5. The summed E-state index contributed by atoms with van der Waals surface area (Å²) in [7, 11) is 0. The molecule has 0 bridgehead atoms. The van der Waals surface area contributed by atoms with Crippen molar-refractivity contribution in [2.75, 3.05) is 31.1 Å². The van der Waals surface area contributed by atoms with E-state index in [1.807, 2.05) is 23.1 Å². The Labute approximate surface area is 163 Å². The number of carbonyl (C=O) groups is 2. The van der Waals surface area contributed by atoms with Crippen LogP contribution in [0.2, 0.25) is 0 Å². The number of amides is 2. The van der Waals surface area contributed by atoms with Crippen molar-refractivity contribution in [1.29, 1.82) is 0 Å². The highest BCUT2D eigenvalue weighted by molar-refractivity contribution is 5.83. The quantitative estimate of drug-likeness (QED) is 0.771. The molecule has 2 unspecified atom stereocenters. The topological polar surface area (TPSA) is 43.9 Å². The zero-order valence-electron chi connectivity index (χ0n) is 16.2. The van der Waals surface area contributed by atoms with Crippen LogP contribution in [0.25, 0.3) is 0 Å². The van der Waals surface area contributed by atoms with E-state index in [9.17, 15) is 22.8 Å². The fourth-order valence-electron chi connectivity index (χ4n) is 4.38. The lowest BCUT2D eigenvalue weighted by molar-refractivity contribution is -0.187. The maximum absolute atomic E-state index is 12.9. The van der Waals surface area contributed by atoms with E-state index in [2.05, 4.69) is 30.9 Å². The van der Waals surface area contributed by atoms with Gasteiger partial charge in [0, 0.05) is 49.9 Å². The monoisotopic (exact) mass is 397 g/mol. The van der Waals surface area contributed by atoms with Crippen LogP contribution >= 0.6 is 0 Å². The standard InChI is InChI=1S/C20H26F3N3O2/c1-14-12-25(13-15(2)26(14)17-6-4-3-5-7-17)18(27)16-8-10-24(11-9-16)19(28)20(21,22)23/h3-7,14-16H,8-13H2,1-2H3. The molecule has 1 aromatic rings. The number of nitrogens with zero attached hydrogens (tertiary/aromatic N) is 3. The van der Waals surface area contributed by atoms with Crippen molar-refractivity contribution < 1.29 is 22.8 Å². The summed E-state index contributed by atoms with van der Waals surface area (Å²) < 4.78 is 37.7. The molecule has 8 heteroatoms. The smallest absolute Gasteiger partial charge is 0.363 e. The second kappa shape index (κ2) is 8.01. The molecule has 0 saturated carbocycles. The van der Waals surface area contributed by atoms with Gasteiger partial charge >= 0.3 is 12.1 Å². The van der Waals surface area contributed by atoms with Crippen molar-refractivity contribution in [1.82, 2.24) is 9.80 Å². The fourth-order valence-corrected chi connectivity index (χ4v) is 4.38. The first-order valence-corrected chi connectivity index (χ1v) is 9.66. The Bertz CT molecular complexity index is 690. The predicted octanol–water partition coefficient (Wildman–Crippen LogP) is 2.91. The van der Waals surface area contributed by atoms with E-state index in [0.717, 1.165) is 10.6 Å². The van der Waals surface area contributed by atoms with Crippen molar-refractivity contribution in [2.45, 2.75) is 44.9 Å². The van der Waals surface area contributed by atoms with Gasteiger partial charge in [0.15, 0.2) is 0 Å². The molecule has 0 radical (unpaired) electrons. The summed E-state index contributed by atoms with van der Waals surface area (Å²) in [6, 6.07) is 10.3. The average molecular weight is 397 g/mol. The number of likely N-dealkylation sites (tertiary alicyclic amines) is 1. The molecule has 0 aliphatic carbocycles. The summed E-state index contributed by atoms with van der Waals surface area (Å²) in [6.07, 6.45) is -4.29. The Morgan fingerprint density at radius 1 is 0.929 bits per heavy atom. The number of anilines is 1. The van der Waals surface area contributed by atoms with Gasteiger partial charge in [-0.15, -0.1) is 0 Å². The number of carbonyl (C=O) groups excluding carboxylic acids is 2. The third-order valence-corrected chi connectivity index (χ3v) is 5.66. The maximum Gasteiger partial charge on any atom is 0.471 e. The second-order valence-electron chi connectivity index (χ2n) is 7.75. The van der Waals surface area contributed by atoms with Crippen LogP contribution < -0.4 is 4.90 Å². The number of hydrogen-bond acceptors (Lipinski definition) is 3. The molecule has 2 atom stereocenters. The van der Waals surface area contributed by atoms with E-state index < -0.39 is 12.1 Å². The van der Waals surface area contributed by atoms with Crippen molar-refractivity contribution >= 4 is 17.5 Å². The van der Waals surface area contributed by atoms with E-state index >= 15 is 0 Å². The van der Waals surface area contributed by atoms with E-state index in [0.29, 0.717) is 13.1 Å². The molecule has 2 aliphatic heterocycles. The van der Waals surface area contributed by atoms with Crippen LogP contribution in [0.1, 0.15) is 26.7 Å². The van der Waals surface area contributed by atoms with Crippen LogP contribution in [0, 0.1) is 5.92 Å². The van der Waals surface area contributed by atoms with Crippen LogP contribution in [0.3, 0.4) is 0 Å². The molecule has 1 aromatic carbocycles. The fraction of sp³-hybridized carbons (Fsp3) is 0.600. The van der Waals surface area contributed by atoms with Gasteiger partial charge in [-0.2, -0.15) is 13.2 Å². The number of alkyl halides is 3. The molecular formula is C20H26F3N3O2. The first kappa shape index (κ1) is 20.5. The highest BCUT2D eigenvalue weighted by atomic mass is 19.4. The van der Waals surface area contributed by atoms with Crippen LogP contribution in [0.5, 0.6) is 0 Å². The summed E-state index contributed by atoms with van der Waals surface area (Å²) in [5.74, 6) is -2.14. The van der Waals surface area contributed by atoms with Crippen LogP contribution in [-0.4, -0.2) is 66.1 Å². The number of piperazine rings is 1. The molecule has 2 saturated heterocycles. The SMILES string of the molecule is CC1CN(C(=O)C2CCN(C(=O)C(F)(F)F)CC2)CC(C)N1c1ccccc1. The maximum atomic E-state index is 12.9. The average Bonchev–Trinajstić information content (AvgIpc) is 2.66. The normalized spacial score (nSPS) is 24.4. The number of halogens is 3. The van der Waals surface area contributed by atoms with Gasteiger partial charge in [0.1, 0.15) is 0 Å². The third-order valence-electron chi connectivity index (χ3n) is 5.66. The molecule has 154 valence electrons. The Balaban J connectivity index is 1.59. The van der Waals surface area contributed by atoms with Crippen molar-refractivity contribution in [2.24, 2.45) is 5.92 Å². The van der Waals surface area contributed by atoms with Crippen LogP contribution in [-0.2, 0) is 9.59 Å². The largest absolute Gasteiger partial charge is 0.471 e. The van der Waals surface area contributed by atoms with Gasteiger partial charge in [0.05, 0.1) is 0 Å². The number of piperidine rings is 1. The third kappa shape index (κ3) is 4.25. The van der Waals surface area contributed by atoms with Gasteiger partial charge in [-0.3, -0.25) is 9.59 Å². The van der Waals surface area contributed by atoms with Gasteiger partial charge in [0.2, 0.25) is 5.91 Å². The Kier molecular flexibility index (Phi) is 5.86. The minimum atomic E-state index is -4.85. The second-order valence-corrected chi connectivity index (χ2v) is 7.75. The van der Waals surface area contributed by atoms with E-state index in [1.165, 1.54) is 0 Å². The summed E-state index contributed by atoms with van der Waals surface area (Å²) >= 11 is 0. The zero-order valence-corrected chi connectivity index (χ0v) is 16.2. The summed E-state index contributed by atoms with van der Waals surface area (Å²) in [5.41, 5.74) is 1.12. The molecule has 2 heterocycles. The van der Waals surface area contributed by atoms with Crippen molar-refractivity contribution in [3.05, 3.63) is 30.3 Å². The summed E-state index contributed by atoms with van der Waals surface area (Å²) in [5, 5.41) is 0. The Morgan fingerprint density at radius 2 is 1.46 bits per heavy atom. The number of para-hydroxylation sites is 1. The number of hydrogen-bond donors (Lipinski definition) is 0. The molecule has 2 fully saturated rings. The minimum Gasteiger partial charge on any atom is -0.363 e. The van der Waals surface area contributed by atoms with Crippen LogP contribution in [0.4, 0.5) is 18.9 Å². The number of rotatable bonds is 2. The lowest BCUT2D eigenvalue weighted by Gasteiger charge is -2.47. The van der Waals surface area contributed by atoms with E-state index in [1.54, 1.807) is 0 Å². The Morgan fingerprint density at radius 3 is 1.96 bits per heavy atom. The molecule has 5 nitrogen and oxygen atoms in total. The van der Waals surface area contributed by atoms with Gasteiger partial charge in [-0.05, 0) is 38.8 Å². The molecule has 0 spiro atoms. The minimum absolute atomic E-state index is 0.00878. The Hall–Kier alpha value is -2.25. The van der Waals surface area contributed by atoms with Gasteiger partial charge < -0.3 is 14.7 Å². The molecule has 2 amide bonds. The first-order chi connectivity index (χ1) is 13.2. The van der Waals surface area contributed by atoms with Gasteiger partial charge in [-0.1, -0.05) is 18.2 Å². The lowest BCUT2D eigenvalue weighted by Crippen LogP contribution is -2.59. The molecule has 3 rings (SSSR count). The highest BCUT2D eigenvalue weighted by Gasteiger charge is 2.44. The van der Waals surface area contributed by atoms with E-state index in [4.69, 9.17) is 0 Å². The molecule has 2 aliphatic rings. The van der Waals surface area contributed by atoms with Crippen molar-refractivity contribution in [3.63, 3.8) is 0 Å². The summed E-state index contributed by atoms with van der Waals surface area (Å²) in [6.45, 7) is 5.27. The lowest BCUT2D eigenvalue weighted by atomic mass is 9.94. The first-order valence-electron chi connectivity index (χ1n) is 9.66. The summed E-state index contributed by atoms with van der Waals surface area (Å²) in [4.78, 5) is 29.2.